The topological polar surface area (TPSA) is 66.6 Å². The van der Waals surface area contributed by atoms with Crippen LogP contribution in [0.3, 0.4) is 0 Å². The summed E-state index contributed by atoms with van der Waals surface area (Å²) >= 11 is 0. The Labute approximate surface area is 144 Å². The van der Waals surface area contributed by atoms with Crippen LogP contribution in [0.4, 0.5) is 0 Å². The molecule has 0 spiro atoms. The summed E-state index contributed by atoms with van der Waals surface area (Å²) in [6.07, 6.45) is 3.26. The highest BCUT2D eigenvalue weighted by Crippen LogP contribution is 2.12. The molecular weight excluding hydrogens is 314 g/mol. The molecule has 2 amide bonds. The molecule has 0 unspecified atom stereocenters. The fourth-order valence-electron chi connectivity index (χ4n) is 2.67. The van der Waals surface area contributed by atoms with Crippen LogP contribution in [0.25, 0.3) is 0 Å². The Hall–Kier alpha value is -1.59. The van der Waals surface area contributed by atoms with Crippen LogP contribution in [0, 0.1) is 0 Å². The van der Waals surface area contributed by atoms with Gasteiger partial charge in [-0.1, -0.05) is 30.3 Å². The van der Waals surface area contributed by atoms with E-state index in [1.807, 2.05) is 35.2 Å². The van der Waals surface area contributed by atoms with Crippen molar-refractivity contribution in [3.8, 4) is 0 Å². The van der Waals surface area contributed by atoms with E-state index >= 15 is 0 Å². The summed E-state index contributed by atoms with van der Waals surface area (Å²) in [5, 5.41) is 0. The molecule has 5 nitrogen and oxygen atoms in total. The minimum absolute atomic E-state index is 0. The first kappa shape index (κ1) is 19.5. The van der Waals surface area contributed by atoms with Crippen molar-refractivity contribution in [1.29, 1.82) is 0 Å². The maximum absolute atomic E-state index is 12.6. The number of piperidine rings is 1. The van der Waals surface area contributed by atoms with Crippen molar-refractivity contribution in [1.82, 2.24) is 9.80 Å². The van der Waals surface area contributed by atoms with Gasteiger partial charge in [0.15, 0.2) is 0 Å². The number of likely N-dealkylation sites (tertiary alicyclic amines) is 1. The average Bonchev–Trinajstić information content (AvgIpc) is 2.54. The van der Waals surface area contributed by atoms with E-state index in [-0.39, 0.29) is 30.8 Å². The highest BCUT2D eigenvalue weighted by molar-refractivity contribution is 5.85. The number of halogens is 1. The molecule has 0 aliphatic carbocycles. The molecule has 6 heteroatoms. The predicted octanol–water partition coefficient (Wildman–Crippen LogP) is 1.80. The van der Waals surface area contributed by atoms with Gasteiger partial charge < -0.3 is 15.5 Å². The lowest BCUT2D eigenvalue weighted by molar-refractivity contribution is -0.142. The van der Waals surface area contributed by atoms with Gasteiger partial charge in [0.2, 0.25) is 11.8 Å². The van der Waals surface area contributed by atoms with Gasteiger partial charge >= 0.3 is 0 Å². The molecule has 1 fully saturated rings. The molecule has 23 heavy (non-hydrogen) atoms. The molecule has 0 bridgehead atoms. The smallest absolute Gasteiger partial charge is 0.242 e. The van der Waals surface area contributed by atoms with E-state index in [9.17, 15) is 9.59 Å². The summed E-state index contributed by atoms with van der Waals surface area (Å²) in [4.78, 5) is 27.9. The van der Waals surface area contributed by atoms with Crippen LogP contribution in [0.15, 0.2) is 30.3 Å². The van der Waals surface area contributed by atoms with Crippen LogP contribution in [0.2, 0.25) is 0 Å². The maximum atomic E-state index is 12.6. The maximum Gasteiger partial charge on any atom is 0.242 e. The Morgan fingerprint density at radius 2 is 1.96 bits per heavy atom. The highest BCUT2D eigenvalue weighted by atomic mass is 35.5. The van der Waals surface area contributed by atoms with Gasteiger partial charge in [-0.25, -0.2) is 0 Å². The van der Waals surface area contributed by atoms with E-state index in [1.54, 1.807) is 4.90 Å². The fraction of sp³-hybridized carbons (Fsp3) is 0.529. The Balaban J connectivity index is 0.00000264. The van der Waals surface area contributed by atoms with Gasteiger partial charge in [0.25, 0.3) is 0 Å². The number of carbonyl (C=O) groups is 2. The summed E-state index contributed by atoms with van der Waals surface area (Å²) in [5.74, 6) is 0.102. The number of hydrogen-bond acceptors (Lipinski definition) is 3. The van der Waals surface area contributed by atoms with E-state index in [0.717, 1.165) is 24.8 Å². The van der Waals surface area contributed by atoms with Gasteiger partial charge in [-0.2, -0.15) is 0 Å². The number of nitrogens with zero attached hydrogens (tertiary/aromatic N) is 2. The quantitative estimate of drug-likeness (QED) is 0.823. The van der Waals surface area contributed by atoms with E-state index in [2.05, 4.69) is 0 Å². The molecule has 1 aliphatic rings. The van der Waals surface area contributed by atoms with Crippen LogP contribution >= 0.6 is 12.4 Å². The summed E-state index contributed by atoms with van der Waals surface area (Å²) in [7, 11) is 0. The van der Waals surface area contributed by atoms with Gasteiger partial charge in [0, 0.05) is 26.1 Å². The number of nitrogens with two attached hydrogens (primary N) is 1. The first-order chi connectivity index (χ1) is 10.7. The second kappa shape index (κ2) is 10.2. The van der Waals surface area contributed by atoms with Gasteiger partial charge in [-0.05, 0) is 31.4 Å². The number of amides is 2. The fourth-order valence-corrected chi connectivity index (χ4v) is 2.67. The summed E-state index contributed by atoms with van der Waals surface area (Å²) in [6.45, 7) is 2.64. The first-order valence-electron chi connectivity index (χ1n) is 8.00. The lowest BCUT2D eigenvalue weighted by atomic mass is 10.1. The second-order valence-electron chi connectivity index (χ2n) is 5.72. The van der Waals surface area contributed by atoms with Crippen molar-refractivity contribution in [3.63, 3.8) is 0 Å². The molecule has 2 N–H and O–H groups in total. The minimum Gasteiger partial charge on any atom is -0.337 e. The van der Waals surface area contributed by atoms with E-state index in [1.165, 1.54) is 0 Å². The zero-order valence-corrected chi connectivity index (χ0v) is 14.3. The molecule has 2 rings (SSSR count). The number of rotatable bonds is 7. The van der Waals surface area contributed by atoms with Crippen molar-refractivity contribution in [2.75, 3.05) is 26.2 Å². The van der Waals surface area contributed by atoms with E-state index in [4.69, 9.17) is 5.73 Å². The third-order valence-corrected chi connectivity index (χ3v) is 3.95. The highest BCUT2D eigenvalue weighted by Gasteiger charge is 2.23. The van der Waals surface area contributed by atoms with Crippen LogP contribution in [0.1, 0.15) is 31.2 Å². The lowest BCUT2D eigenvalue weighted by Crippen LogP contribution is -2.45. The standard InChI is InChI=1S/C17H25N3O2.ClH/c18-10-6-12-19(13-15-7-2-1-3-8-15)17(22)14-20-11-5-4-9-16(20)21;/h1-3,7-8H,4-6,9-14,18H2;1H. The first-order valence-corrected chi connectivity index (χ1v) is 8.00. The lowest BCUT2D eigenvalue weighted by Gasteiger charge is -2.30. The third-order valence-electron chi connectivity index (χ3n) is 3.95. The molecule has 1 aliphatic heterocycles. The molecule has 0 radical (unpaired) electrons. The zero-order chi connectivity index (χ0) is 15.8. The molecule has 128 valence electrons. The predicted molar refractivity (Wildman–Crippen MR) is 93.2 cm³/mol. The summed E-state index contributed by atoms with van der Waals surface area (Å²) in [5.41, 5.74) is 6.67. The molecule has 0 saturated carbocycles. The van der Waals surface area contributed by atoms with Crippen LogP contribution in [-0.4, -0.2) is 47.8 Å². The van der Waals surface area contributed by atoms with Crippen molar-refractivity contribution in [2.45, 2.75) is 32.2 Å². The van der Waals surface area contributed by atoms with Crippen molar-refractivity contribution in [2.24, 2.45) is 5.73 Å². The normalized spacial score (nSPS) is 14.3. The van der Waals surface area contributed by atoms with Gasteiger partial charge in [0.05, 0.1) is 6.54 Å². The molecule has 1 aromatic rings. The molecule has 0 aromatic heterocycles. The second-order valence-corrected chi connectivity index (χ2v) is 5.72. The molecular formula is C17H26ClN3O2. The van der Waals surface area contributed by atoms with Crippen molar-refractivity contribution >= 4 is 24.2 Å². The van der Waals surface area contributed by atoms with Crippen LogP contribution in [-0.2, 0) is 16.1 Å². The SMILES string of the molecule is Cl.NCCCN(Cc1ccccc1)C(=O)CN1CCCCC1=O. The van der Waals surface area contributed by atoms with Gasteiger partial charge in [-0.15, -0.1) is 12.4 Å². The Morgan fingerprint density at radius 1 is 1.22 bits per heavy atom. The van der Waals surface area contributed by atoms with Crippen molar-refractivity contribution < 1.29 is 9.59 Å². The number of benzene rings is 1. The van der Waals surface area contributed by atoms with Gasteiger partial charge in [-0.3, -0.25) is 9.59 Å². The summed E-state index contributed by atoms with van der Waals surface area (Å²) < 4.78 is 0. The minimum atomic E-state index is 0. The molecule has 1 saturated heterocycles. The molecule has 1 aromatic carbocycles. The van der Waals surface area contributed by atoms with Gasteiger partial charge in [0.1, 0.15) is 0 Å². The number of carbonyl (C=O) groups excluding carboxylic acids is 2. The van der Waals surface area contributed by atoms with E-state index in [0.29, 0.717) is 32.6 Å². The monoisotopic (exact) mass is 339 g/mol. The number of hydrogen-bond donors (Lipinski definition) is 1. The average molecular weight is 340 g/mol. The zero-order valence-electron chi connectivity index (χ0n) is 13.4. The Bertz CT molecular complexity index is 496. The largest absolute Gasteiger partial charge is 0.337 e. The summed E-state index contributed by atoms with van der Waals surface area (Å²) in [6, 6.07) is 9.91. The molecule has 1 heterocycles. The van der Waals surface area contributed by atoms with E-state index < -0.39 is 0 Å². The Kier molecular flexibility index (Phi) is 8.66. The van der Waals surface area contributed by atoms with Crippen LogP contribution < -0.4 is 5.73 Å². The van der Waals surface area contributed by atoms with Crippen molar-refractivity contribution in [3.05, 3.63) is 35.9 Å². The Morgan fingerprint density at radius 3 is 2.61 bits per heavy atom. The van der Waals surface area contributed by atoms with Crippen LogP contribution in [0.5, 0.6) is 0 Å². The third kappa shape index (κ3) is 6.20. The molecule has 0 atom stereocenters.